The fourth-order valence-electron chi connectivity index (χ4n) is 3.27. The molecule has 0 aliphatic heterocycles. The van der Waals surface area contributed by atoms with E-state index in [0.717, 1.165) is 19.5 Å². The average Bonchev–Trinajstić information content (AvgIpc) is 2.68. The average molecular weight is 352 g/mol. The van der Waals surface area contributed by atoms with Crippen molar-refractivity contribution in [1.82, 2.24) is 0 Å². The summed E-state index contributed by atoms with van der Waals surface area (Å²) >= 11 is 0. The Bertz CT molecular complexity index is 653. The number of pyridine rings is 1. The zero-order chi connectivity index (χ0) is 18.6. The minimum absolute atomic E-state index is 1.13. The van der Waals surface area contributed by atoms with Crippen LogP contribution in [0.4, 0.5) is 5.82 Å². The maximum atomic E-state index is 2.60. The Kier molecular flexibility index (Phi) is 8.95. The molecule has 1 aromatic carbocycles. The van der Waals surface area contributed by atoms with E-state index >= 15 is 0 Å². The number of hydrogen-bond donors (Lipinski definition) is 0. The maximum absolute atomic E-state index is 2.60. The molecule has 0 spiro atoms. The third-order valence-electron chi connectivity index (χ3n) is 4.69. The van der Waals surface area contributed by atoms with Gasteiger partial charge < -0.3 is 0 Å². The van der Waals surface area contributed by atoms with Crippen molar-refractivity contribution in [2.75, 3.05) is 18.0 Å². The van der Waals surface area contributed by atoms with Crippen molar-refractivity contribution < 1.29 is 4.57 Å². The molecule has 140 valence electrons. The molecule has 0 bridgehead atoms. The van der Waals surface area contributed by atoms with Gasteiger partial charge in [-0.05, 0) is 43.0 Å². The first-order valence-electron chi connectivity index (χ1n) is 10.3. The Balaban J connectivity index is 2.39. The van der Waals surface area contributed by atoms with Crippen molar-refractivity contribution in [3.05, 3.63) is 59.8 Å². The fraction of sp³-hybridized carbons (Fsp3) is 0.458. The molecular weight excluding hydrogens is 316 g/mol. The van der Waals surface area contributed by atoms with Crippen molar-refractivity contribution in [2.24, 2.45) is 0 Å². The van der Waals surface area contributed by atoms with Gasteiger partial charge in [0.05, 0.1) is 25.5 Å². The standard InChI is InChI=1S/C24H35N2/c1-4-7-18-25(19-8-5-2)24-23(13-6-3)16-12-20-26(24)21-17-22-14-10-9-11-15-22/h9-12,14-17,20-21H,4-8,13,18-19H2,1-3H3/q+1. The lowest BCUT2D eigenvalue weighted by Gasteiger charge is -2.21. The van der Waals surface area contributed by atoms with E-state index in [1.807, 2.05) is 0 Å². The van der Waals surface area contributed by atoms with Gasteiger partial charge in [-0.1, -0.05) is 70.4 Å². The van der Waals surface area contributed by atoms with Crippen molar-refractivity contribution in [2.45, 2.75) is 59.3 Å². The summed E-state index contributed by atoms with van der Waals surface area (Å²) in [6.07, 6.45) is 13.9. The molecule has 26 heavy (non-hydrogen) atoms. The molecular formula is C24H35N2+. The molecule has 2 heteroatoms. The first-order chi connectivity index (χ1) is 12.8. The van der Waals surface area contributed by atoms with E-state index in [1.165, 1.54) is 49.0 Å². The van der Waals surface area contributed by atoms with Crippen LogP contribution in [0, 0.1) is 0 Å². The number of unbranched alkanes of at least 4 members (excludes halogenated alkanes) is 2. The Hall–Kier alpha value is -2.09. The minimum Gasteiger partial charge on any atom is -0.261 e. The highest BCUT2D eigenvalue weighted by Gasteiger charge is 2.22. The summed E-state index contributed by atoms with van der Waals surface area (Å²) in [6, 6.07) is 15.0. The molecule has 0 radical (unpaired) electrons. The highest BCUT2D eigenvalue weighted by atomic mass is 15.2. The lowest BCUT2D eigenvalue weighted by Crippen LogP contribution is -2.40. The second-order valence-corrected chi connectivity index (χ2v) is 6.93. The van der Waals surface area contributed by atoms with Crippen LogP contribution in [0.3, 0.4) is 0 Å². The number of aromatic nitrogens is 1. The fourth-order valence-corrected chi connectivity index (χ4v) is 3.27. The summed E-state index contributed by atoms with van der Waals surface area (Å²) < 4.78 is 2.32. The van der Waals surface area contributed by atoms with Crippen LogP contribution in [-0.4, -0.2) is 13.1 Å². The zero-order valence-electron chi connectivity index (χ0n) is 16.8. The van der Waals surface area contributed by atoms with E-state index in [2.05, 4.69) is 91.2 Å². The third kappa shape index (κ3) is 6.01. The van der Waals surface area contributed by atoms with E-state index in [-0.39, 0.29) is 0 Å². The van der Waals surface area contributed by atoms with Crippen LogP contribution in [0.2, 0.25) is 0 Å². The molecule has 0 amide bonds. The van der Waals surface area contributed by atoms with Crippen LogP contribution in [0.5, 0.6) is 0 Å². The van der Waals surface area contributed by atoms with E-state index < -0.39 is 0 Å². The molecule has 0 aliphatic rings. The summed E-state index contributed by atoms with van der Waals surface area (Å²) in [5, 5.41) is 0. The normalized spacial score (nSPS) is 11.2. The van der Waals surface area contributed by atoms with Crippen LogP contribution >= 0.6 is 0 Å². The van der Waals surface area contributed by atoms with Crippen molar-refractivity contribution in [1.29, 1.82) is 0 Å². The summed E-state index contributed by atoms with van der Waals surface area (Å²) in [4.78, 5) is 2.60. The predicted octanol–water partition coefficient (Wildman–Crippen LogP) is 5.96. The minimum atomic E-state index is 1.13. The zero-order valence-corrected chi connectivity index (χ0v) is 16.8. The molecule has 1 heterocycles. The lowest BCUT2D eigenvalue weighted by molar-refractivity contribution is -0.554. The molecule has 0 atom stereocenters. The SMILES string of the molecule is CCCCN(CCCC)c1c(CCC)ccc[n+]1C=Cc1ccccc1. The summed E-state index contributed by atoms with van der Waals surface area (Å²) in [7, 11) is 0. The van der Waals surface area contributed by atoms with E-state index in [0.29, 0.717) is 0 Å². The topological polar surface area (TPSA) is 7.12 Å². The lowest BCUT2D eigenvalue weighted by atomic mass is 10.1. The number of aryl methyl sites for hydroxylation is 1. The molecule has 0 fully saturated rings. The third-order valence-corrected chi connectivity index (χ3v) is 4.69. The monoisotopic (exact) mass is 351 g/mol. The van der Waals surface area contributed by atoms with E-state index in [9.17, 15) is 0 Å². The van der Waals surface area contributed by atoms with Crippen molar-refractivity contribution in [3.8, 4) is 0 Å². The molecule has 0 aliphatic carbocycles. The van der Waals surface area contributed by atoms with Gasteiger partial charge >= 0.3 is 0 Å². The highest BCUT2D eigenvalue weighted by Crippen LogP contribution is 2.19. The van der Waals surface area contributed by atoms with Crippen LogP contribution < -0.4 is 9.47 Å². The summed E-state index contributed by atoms with van der Waals surface area (Å²) in [5.74, 6) is 1.38. The highest BCUT2D eigenvalue weighted by molar-refractivity contribution is 5.57. The largest absolute Gasteiger partial charge is 0.284 e. The van der Waals surface area contributed by atoms with Gasteiger partial charge in [0.1, 0.15) is 0 Å². The van der Waals surface area contributed by atoms with Crippen molar-refractivity contribution >= 4 is 18.1 Å². The molecule has 2 nitrogen and oxygen atoms in total. The number of hydrogen-bond acceptors (Lipinski definition) is 1. The smallest absolute Gasteiger partial charge is 0.261 e. The van der Waals surface area contributed by atoms with Gasteiger partial charge in [-0.3, -0.25) is 4.90 Å². The Morgan fingerprint density at radius 1 is 0.846 bits per heavy atom. The van der Waals surface area contributed by atoms with Gasteiger partial charge in [0.2, 0.25) is 0 Å². The number of benzene rings is 1. The number of nitrogens with zero attached hydrogens (tertiary/aromatic N) is 2. The van der Waals surface area contributed by atoms with Crippen molar-refractivity contribution in [3.63, 3.8) is 0 Å². The van der Waals surface area contributed by atoms with Crippen LogP contribution in [0.25, 0.3) is 12.3 Å². The van der Waals surface area contributed by atoms with E-state index in [4.69, 9.17) is 0 Å². The first kappa shape index (κ1) is 20.2. The predicted molar refractivity (Wildman–Crippen MR) is 114 cm³/mol. The number of rotatable bonds is 11. The molecule has 2 rings (SSSR count). The maximum Gasteiger partial charge on any atom is 0.284 e. The molecule has 0 saturated heterocycles. The molecule has 0 unspecified atom stereocenters. The summed E-state index contributed by atoms with van der Waals surface area (Å²) in [6.45, 7) is 9.09. The van der Waals surface area contributed by atoms with Gasteiger partial charge in [-0.25, -0.2) is 4.57 Å². The van der Waals surface area contributed by atoms with Crippen LogP contribution in [0.15, 0.2) is 48.7 Å². The molecule has 0 saturated carbocycles. The van der Waals surface area contributed by atoms with Gasteiger partial charge in [0.25, 0.3) is 5.82 Å². The van der Waals surface area contributed by atoms with Crippen LogP contribution in [-0.2, 0) is 6.42 Å². The van der Waals surface area contributed by atoms with Gasteiger partial charge in [-0.15, -0.1) is 0 Å². The Morgan fingerprint density at radius 2 is 1.54 bits per heavy atom. The molecule has 0 N–H and O–H groups in total. The second-order valence-electron chi connectivity index (χ2n) is 6.93. The first-order valence-corrected chi connectivity index (χ1v) is 10.3. The molecule has 2 aromatic rings. The van der Waals surface area contributed by atoms with Gasteiger partial charge in [0.15, 0.2) is 0 Å². The van der Waals surface area contributed by atoms with E-state index in [1.54, 1.807) is 0 Å². The second kappa shape index (κ2) is 11.5. The summed E-state index contributed by atoms with van der Waals surface area (Å²) in [5.41, 5.74) is 2.69. The Morgan fingerprint density at radius 3 is 2.15 bits per heavy atom. The van der Waals surface area contributed by atoms with Gasteiger partial charge in [-0.2, -0.15) is 0 Å². The van der Waals surface area contributed by atoms with Gasteiger partial charge in [0, 0.05) is 5.56 Å². The molecule has 1 aromatic heterocycles. The number of anilines is 1. The Labute approximate surface area is 160 Å². The van der Waals surface area contributed by atoms with Crippen LogP contribution in [0.1, 0.15) is 64.0 Å². The quantitative estimate of drug-likeness (QED) is 0.453.